The third kappa shape index (κ3) is 6.33. The fourth-order valence-electron chi connectivity index (χ4n) is 5.63. The van der Waals surface area contributed by atoms with Crippen molar-refractivity contribution in [2.75, 3.05) is 26.2 Å². The van der Waals surface area contributed by atoms with Gasteiger partial charge in [-0.3, -0.25) is 24.2 Å². The number of halogens is 4. The lowest BCUT2D eigenvalue weighted by molar-refractivity contribution is -0.129. The van der Waals surface area contributed by atoms with Gasteiger partial charge in [-0.1, -0.05) is 23.2 Å². The number of hydrogen-bond donors (Lipinski definition) is 0. The van der Waals surface area contributed by atoms with Gasteiger partial charge in [-0.05, 0) is 102 Å². The molecular weight excluding hydrogens is 533 g/mol. The van der Waals surface area contributed by atoms with Crippen LogP contribution < -0.4 is 0 Å². The Labute approximate surface area is 232 Å². The van der Waals surface area contributed by atoms with E-state index in [2.05, 4.69) is 9.80 Å². The Bertz CT molecular complexity index is 1120. The Morgan fingerprint density at radius 3 is 1.37 bits per heavy atom. The summed E-state index contributed by atoms with van der Waals surface area (Å²) >= 11 is 12.2. The highest BCUT2D eigenvalue weighted by Gasteiger charge is 2.36. The predicted molar refractivity (Wildman–Crippen MR) is 144 cm³/mol. The summed E-state index contributed by atoms with van der Waals surface area (Å²) in [6.45, 7) is 6.27. The zero-order valence-corrected chi connectivity index (χ0v) is 23.1. The van der Waals surface area contributed by atoms with Crippen molar-refractivity contribution in [1.29, 1.82) is 0 Å². The SMILES string of the molecule is CC(C(=O)C(C)N1CCC(C(=O)c2ccc(F)cc2Cl)CC1)N1CCC(C(=O)c2ccc(F)cc2Cl)CC1. The molecule has 0 N–H and O–H groups in total. The van der Waals surface area contributed by atoms with Gasteiger partial charge in [-0.2, -0.15) is 0 Å². The molecule has 2 heterocycles. The third-order valence-electron chi connectivity index (χ3n) is 8.11. The van der Waals surface area contributed by atoms with Crippen LogP contribution in [-0.2, 0) is 4.79 Å². The molecule has 38 heavy (non-hydrogen) atoms. The molecule has 204 valence electrons. The molecule has 4 rings (SSSR count). The van der Waals surface area contributed by atoms with Crippen LogP contribution in [0.4, 0.5) is 8.78 Å². The summed E-state index contributed by atoms with van der Waals surface area (Å²) in [6.07, 6.45) is 2.44. The molecule has 2 aromatic rings. The quantitative estimate of drug-likeness (QED) is 0.362. The Balaban J connectivity index is 1.27. The number of piperidine rings is 2. The predicted octanol–water partition coefficient (Wildman–Crippen LogP) is 6.11. The molecule has 2 atom stereocenters. The minimum atomic E-state index is -0.476. The van der Waals surface area contributed by atoms with Crippen LogP contribution in [0.2, 0.25) is 10.0 Å². The van der Waals surface area contributed by atoms with Crippen molar-refractivity contribution in [2.24, 2.45) is 11.8 Å². The number of hydrogen-bond acceptors (Lipinski definition) is 5. The van der Waals surface area contributed by atoms with Gasteiger partial charge < -0.3 is 0 Å². The van der Waals surface area contributed by atoms with Crippen LogP contribution in [-0.4, -0.2) is 65.4 Å². The minimum absolute atomic E-state index is 0.0821. The van der Waals surface area contributed by atoms with E-state index in [9.17, 15) is 23.2 Å². The summed E-state index contributed by atoms with van der Waals surface area (Å²) in [6, 6.07) is 7.07. The average Bonchev–Trinajstić information content (AvgIpc) is 2.91. The van der Waals surface area contributed by atoms with Gasteiger partial charge in [0.05, 0.1) is 22.1 Å². The lowest BCUT2D eigenvalue weighted by atomic mass is 9.87. The van der Waals surface area contributed by atoms with Gasteiger partial charge in [0.2, 0.25) is 0 Å². The second-order valence-corrected chi connectivity index (χ2v) is 11.2. The van der Waals surface area contributed by atoms with Crippen molar-refractivity contribution in [3.05, 3.63) is 69.2 Å². The molecule has 0 amide bonds. The highest BCUT2D eigenvalue weighted by Crippen LogP contribution is 2.29. The van der Waals surface area contributed by atoms with E-state index in [0.29, 0.717) is 63.0 Å². The number of benzene rings is 2. The van der Waals surface area contributed by atoms with Gasteiger partial charge >= 0.3 is 0 Å². The van der Waals surface area contributed by atoms with E-state index in [-0.39, 0.29) is 51.3 Å². The van der Waals surface area contributed by atoms with E-state index >= 15 is 0 Å². The smallest absolute Gasteiger partial charge is 0.167 e. The van der Waals surface area contributed by atoms with Crippen LogP contribution in [0.5, 0.6) is 0 Å². The zero-order chi connectivity index (χ0) is 27.6. The van der Waals surface area contributed by atoms with Crippen molar-refractivity contribution in [3.63, 3.8) is 0 Å². The summed E-state index contributed by atoms with van der Waals surface area (Å²) in [5.74, 6) is -1.42. The van der Waals surface area contributed by atoms with E-state index in [1.54, 1.807) is 0 Å². The van der Waals surface area contributed by atoms with Crippen molar-refractivity contribution in [2.45, 2.75) is 51.6 Å². The molecule has 0 bridgehead atoms. The third-order valence-corrected chi connectivity index (χ3v) is 8.74. The standard InChI is InChI=1S/C29H32Cl2F2N2O3/c1-17(34-11-7-19(8-12-34)28(37)23-5-3-21(32)15-25(23)30)27(36)18(2)35-13-9-20(10-14-35)29(38)24-6-4-22(33)16-26(24)31/h3-6,15-20H,7-14H2,1-2H3. The number of nitrogens with zero attached hydrogens (tertiary/aromatic N) is 2. The Morgan fingerprint density at radius 1 is 0.711 bits per heavy atom. The van der Waals surface area contributed by atoms with Gasteiger partial charge in [0.1, 0.15) is 11.6 Å². The largest absolute Gasteiger partial charge is 0.296 e. The summed E-state index contributed by atoms with van der Waals surface area (Å²) in [5, 5.41) is 0.252. The van der Waals surface area contributed by atoms with Crippen LogP contribution >= 0.6 is 23.2 Å². The molecular formula is C29H32Cl2F2N2O3. The fourth-order valence-corrected chi connectivity index (χ4v) is 6.15. The molecule has 2 saturated heterocycles. The lowest BCUT2D eigenvalue weighted by Gasteiger charge is -2.39. The summed E-state index contributed by atoms with van der Waals surface area (Å²) in [7, 11) is 0. The number of Topliss-reactive ketones (excluding diaryl/α,β-unsaturated/α-hetero) is 3. The first-order valence-corrected chi connectivity index (χ1v) is 13.8. The molecule has 2 aromatic carbocycles. The van der Waals surface area contributed by atoms with Crippen LogP contribution in [0, 0.1) is 23.5 Å². The number of carbonyl (C=O) groups is 3. The van der Waals surface area contributed by atoms with Crippen LogP contribution in [0.15, 0.2) is 36.4 Å². The van der Waals surface area contributed by atoms with E-state index in [0.717, 1.165) is 12.1 Å². The molecule has 0 aromatic heterocycles. The van der Waals surface area contributed by atoms with E-state index in [4.69, 9.17) is 23.2 Å². The van der Waals surface area contributed by atoms with Gasteiger partial charge in [0, 0.05) is 23.0 Å². The second kappa shape index (κ2) is 12.3. The zero-order valence-electron chi connectivity index (χ0n) is 21.6. The number of rotatable bonds is 8. The molecule has 5 nitrogen and oxygen atoms in total. The van der Waals surface area contributed by atoms with Gasteiger partial charge in [-0.15, -0.1) is 0 Å². The Morgan fingerprint density at radius 2 is 1.05 bits per heavy atom. The molecule has 0 saturated carbocycles. The highest BCUT2D eigenvalue weighted by atomic mass is 35.5. The second-order valence-electron chi connectivity index (χ2n) is 10.4. The van der Waals surface area contributed by atoms with Gasteiger partial charge in [0.15, 0.2) is 17.3 Å². The minimum Gasteiger partial charge on any atom is -0.296 e. The van der Waals surface area contributed by atoms with E-state index < -0.39 is 11.6 Å². The molecule has 2 aliphatic rings. The topological polar surface area (TPSA) is 57.7 Å². The van der Waals surface area contributed by atoms with Crippen LogP contribution in [0.1, 0.15) is 60.2 Å². The van der Waals surface area contributed by atoms with Crippen molar-refractivity contribution in [3.8, 4) is 0 Å². The molecule has 0 aliphatic carbocycles. The fraction of sp³-hybridized carbons (Fsp3) is 0.483. The van der Waals surface area contributed by atoms with Gasteiger partial charge in [-0.25, -0.2) is 8.78 Å². The maximum atomic E-state index is 13.4. The van der Waals surface area contributed by atoms with Crippen molar-refractivity contribution in [1.82, 2.24) is 9.80 Å². The highest BCUT2D eigenvalue weighted by molar-refractivity contribution is 6.34. The van der Waals surface area contributed by atoms with Gasteiger partial charge in [0.25, 0.3) is 0 Å². The molecule has 2 unspecified atom stereocenters. The number of likely N-dealkylation sites (tertiary alicyclic amines) is 2. The maximum absolute atomic E-state index is 13.4. The Kier molecular flexibility index (Phi) is 9.35. The van der Waals surface area contributed by atoms with Crippen LogP contribution in [0.3, 0.4) is 0 Å². The summed E-state index contributed by atoms with van der Waals surface area (Å²) in [4.78, 5) is 43.4. The van der Waals surface area contributed by atoms with Crippen molar-refractivity contribution >= 4 is 40.6 Å². The first-order valence-electron chi connectivity index (χ1n) is 13.1. The lowest BCUT2D eigenvalue weighted by Crippen LogP contribution is -2.53. The molecule has 9 heteroatoms. The molecule has 2 fully saturated rings. The Hall–Kier alpha value is -2.19. The number of carbonyl (C=O) groups excluding carboxylic acids is 3. The van der Waals surface area contributed by atoms with Crippen molar-refractivity contribution < 1.29 is 23.2 Å². The normalized spacial score (nSPS) is 19.7. The average molecular weight is 565 g/mol. The summed E-state index contributed by atoms with van der Waals surface area (Å²) < 4.78 is 26.7. The molecule has 0 radical (unpaired) electrons. The summed E-state index contributed by atoms with van der Waals surface area (Å²) in [5.41, 5.74) is 0.681. The van der Waals surface area contributed by atoms with Crippen LogP contribution in [0.25, 0.3) is 0 Å². The van der Waals surface area contributed by atoms with E-state index in [1.165, 1.54) is 24.3 Å². The number of ketones is 3. The van der Waals surface area contributed by atoms with E-state index in [1.807, 2.05) is 13.8 Å². The first kappa shape index (κ1) is 28.8. The molecule has 2 aliphatic heterocycles. The maximum Gasteiger partial charge on any atom is 0.167 e. The molecule has 0 spiro atoms. The first-order chi connectivity index (χ1) is 18.1. The monoisotopic (exact) mass is 564 g/mol.